The second kappa shape index (κ2) is 7.50. The highest BCUT2D eigenvalue weighted by Crippen LogP contribution is 2.26. The van der Waals surface area contributed by atoms with Crippen LogP contribution in [0.3, 0.4) is 0 Å². The molecule has 0 aromatic heterocycles. The van der Waals surface area contributed by atoms with Crippen molar-refractivity contribution in [1.29, 1.82) is 0 Å². The smallest absolute Gasteiger partial charge is 0.253 e. The minimum atomic E-state index is 0.145. The minimum Gasteiger partial charge on any atom is -0.372 e. The molecule has 4 heteroatoms. The summed E-state index contributed by atoms with van der Waals surface area (Å²) >= 11 is 0. The van der Waals surface area contributed by atoms with Gasteiger partial charge in [0.15, 0.2) is 0 Å². The molecule has 0 spiro atoms. The molecule has 1 atom stereocenters. The maximum absolute atomic E-state index is 13.0. The van der Waals surface area contributed by atoms with Crippen LogP contribution in [-0.4, -0.2) is 55.5 Å². The summed E-state index contributed by atoms with van der Waals surface area (Å²) in [6, 6.07) is 18.9. The maximum atomic E-state index is 13.0. The van der Waals surface area contributed by atoms with Crippen molar-refractivity contribution in [2.75, 3.05) is 44.7 Å². The Morgan fingerprint density at radius 1 is 0.885 bits per heavy atom. The van der Waals surface area contributed by atoms with E-state index in [4.69, 9.17) is 0 Å². The van der Waals surface area contributed by atoms with Crippen molar-refractivity contribution >= 4 is 11.6 Å². The fourth-order valence-electron chi connectivity index (χ4n) is 4.07. The Labute approximate surface area is 156 Å². The Hall–Kier alpha value is -2.33. The number of piperazine rings is 1. The summed E-state index contributed by atoms with van der Waals surface area (Å²) in [4.78, 5) is 19.8. The molecule has 1 amide bonds. The monoisotopic (exact) mass is 349 g/mol. The lowest BCUT2D eigenvalue weighted by Gasteiger charge is -2.39. The van der Waals surface area contributed by atoms with Crippen molar-refractivity contribution in [3.05, 3.63) is 65.7 Å². The number of carbonyl (C=O) groups is 1. The van der Waals surface area contributed by atoms with Gasteiger partial charge in [0.05, 0.1) is 6.04 Å². The summed E-state index contributed by atoms with van der Waals surface area (Å²) in [5.74, 6) is 0.145. The van der Waals surface area contributed by atoms with Crippen LogP contribution in [0, 0.1) is 0 Å². The van der Waals surface area contributed by atoms with Gasteiger partial charge in [0, 0.05) is 44.0 Å². The van der Waals surface area contributed by atoms with Gasteiger partial charge in [-0.05, 0) is 49.7 Å². The summed E-state index contributed by atoms with van der Waals surface area (Å²) in [5.41, 5.74) is 3.31. The van der Waals surface area contributed by atoms with Gasteiger partial charge in [-0.2, -0.15) is 0 Å². The van der Waals surface area contributed by atoms with Crippen molar-refractivity contribution in [3.63, 3.8) is 0 Å². The molecule has 2 aliphatic rings. The third kappa shape index (κ3) is 3.47. The lowest BCUT2D eigenvalue weighted by Crippen LogP contribution is -2.49. The number of anilines is 1. The van der Waals surface area contributed by atoms with E-state index in [1.807, 2.05) is 23.1 Å². The van der Waals surface area contributed by atoms with Crippen molar-refractivity contribution < 1.29 is 4.79 Å². The largest absolute Gasteiger partial charge is 0.372 e. The van der Waals surface area contributed by atoms with Gasteiger partial charge in [0.25, 0.3) is 5.91 Å². The summed E-state index contributed by atoms with van der Waals surface area (Å²) in [6.45, 7) is 4.69. The van der Waals surface area contributed by atoms with E-state index in [-0.39, 0.29) is 11.9 Å². The van der Waals surface area contributed by atoms with Crippen LogP contribution in [0.1, 0.15) is 34.8 Å². The van der Waals surface area contributed by atoms with Gasteiger partial charge in [0.1, 0.15) is 0 Å². The number of nitrogens with zero attached hydrogens (tertiary/aromatic N) is 3. The highest BCUT2D eigenvalue weighted by molar-refractivity contribution is 5.94. The predicted molar refractivity (Wildman–Crippen MR) is 106 cm³/mol. The van der Waals surface area contributed by atoms with E-state index in [0.29, 0.717) is 0 Å². The van der Waals surface area contributed by atoms with Gasteiger partial charge in [-0.25, -0.2) is 0 Å². The Morgan fingerprint density at radius 3 is 2.27 bits per heavy atom. The molecule has 4 rings (SSSR count). The number of amides is 1. The normalized spacial score (nSPS) is 21.2. The van der Waals surface area contributed by atoms with Gasteiger partial charge >= 0.3 is 0 Å². The second-order valence-electron chi connectivity index (χ2n) is 7.40. The number of hydrogen-bond acceptors (Lipinski definition) is 3. The molecule has 2 aromatic carbocycles. The van der Waals surface area contributed by atoms with E-state index in [0.717, 1.165) is 38.3 Å². The first kappa shape index (κ1) is 17.1. The highest BCUT2D eigenvalue weighted by Gasteiger charge is 2.28. The molecule has 136 valence electrons. The number of hydrogen-bond donors (Lipinski definition) is 0. The van der Waals surface area contributed by atoms with Gasteiger partial charge in [0.2, 0.25) is 0 Å². The maximum Gasteiger partial charge on any atom is 0.253 e. The van der Waals surface area contributed by atoms with Crippen LogP contribution in [0.15, 0.2) is 54.6 Å². The molecule has 2 fully saturated rings. The van der Waals surface area contributed by atoms with Crippen LogP contribution in [0.5, 0.6) is 0 Å². The van der Waals surface area contributed by atoms with Gasteiger partial charge in [-0.1, -0.05) is 30.3 Å². The molecule has 0 aliphatic carbocycles. The zero-order chi connectivity index (χ0) is 17.9. The SMILES string of the molecule is CN1CCN(C(=O)c2ccc(N3CCCC3)cc2)C[C@H]1c1ccccc1. The first-order chi connectivity index (χ1) is 12.7. The summed E-state index contributed by atoms with van der Waals surface area (Å²) in [6.07, 6.45) is 2.53. The average Bonchev–Trinajstić information content (AvgIpc) is 3.23. The second-order valence-corrected chi connectivity index (χ2v) is 7.40. The quantitative estimate of drug-likeness (QED) is 0.850. The minimum absolute atomic E-state index is 0.145. The van der Waals surface area contributed by atoms with Gasteiger partial charge in [-0.15, -0.1) is 0 Å². The van der Waals surface area contributed by atoms with Crippen molar-refractivity contribution in [1.82, 2.24) is 9.80 Å². The van der Waals surface area contributed by atoms with Crippen molar-refractivity contribution in [2.45, 2.75) is 18.9 Å². The molecule has 0 radical (unpaired) electrons. The highest BCUT2D eigenvalue weighted by atomic mass is 16.2. The average molecular weight is 349 g/mol. The number of likely N-dealkylation sites (N-methyl/N-ethyl adjacent to an activating group) is 1. The predicted octanol–water partition coefficient (Wildman–Crippen LogP) is 3.42. The zero-order valence-electron chi connectivity index (χ0n) is 15.5. The lowest BCUT2D eigenvalue weighted by atomic mass is 10.0. The molecule has 2 saturated heterocycles. The van der Waals surface area contributed by atoms with E-state index in [1.54, 1.807) is 0 Å². The summed E-state index contributed by atoms with van der Waals surface area (Å²) in [7, 11) is 2.14. The molecule has 0 unspecified atom stereocenters. The number of benzene rings is 2. The Bertz CT molecular complexity index is 738. The number of rotatable bonds is 3. The summed E-state index contributed by atoms with van der Waals surface area (Å²) < 4.78 is 0. The Kier molecular flexibility index (Phi) is 4.93. The molecule has 0 N–H and O–H groups in total. The van der Waals surface area contributed by atoms with E-state index >= 15 is 0 Å². The zero-order valence-corrected chi connectivity index (χ0v) is 15.5. The molecule has 2 aliphatic heterocycles. The topological polar surface area (TPSA) is 26.8 Å². The fraction of sp³-hybridized carbons (Fsp3) is 0.409. The standard InChI is InChI=1S/C22H27N3O/c1-23-15-16-25(17-21(23)18-7-3-2-4-8-18)22(26)19-9-11-20(12-10-19)24-13-5-6-14-24/h2-4,7-12,21H,5-6,13-17H2,1H3/t21-/m0/s1. The number of carbonyl (C=O) groups excluding carboxylic acids is 1. The Balaban J connectivity index is 1.47. The summed E-state index contributed by atoms with van der Waals surface area (Å²) in [5, 5.41) is 0. The van der Waals surface area contributed by atoms with E-state index in [1.165, 1.54) is 24.1 Å². The molecular formula is C22H27N3O. The Morgan fingerprint density at radius 2 is 1.58 bits per heavy atom. The van der Waals surface area contributed by atoms with E-state index < -0.39 is 0 Å². The molecule has 2 heterocycles. The van der Waals surface area contributed by atoms with Gasteiger partial charge in [-0.3, -0.25) is 9.69 Å². The first-order valence-electron chi connectivity index (χ1n) is 9.62. The van der Waals surface area contributed by atoms with Crippen LogP contribution in [0.25, 0.3) is 0 Å². The molecule has 0 bridgehead atoms. The van der Waals surface area contributed by atoms with Gasteiger partial charge < -0.3 is 9.80 Å². The third-order valence-electron chi connectivity index (χ3n) is 5.71. The first-order valence-corrected chi connectivity index (χ1v) is 9.62. The van der Waals surface area contributed by atoms with Crippen LogP contribution < -0.4 is 4.90 Å². The molecule has 2 aromatic rings. The van der Waals surface area contributed by atoms with Crippen LogP contribution in [-0.2, 0) is 0 Å². The molecule has 0 saturated carbocycles. The molecular weight excluding hydrogens is 322 g/mol. The third-order valence-corrected chi connectivity index (χ3v) is 5.71. The van der Waals surface area contributed by atoms with E-state index in [9.17, 15) is 4.79 Å². The van der Waals surface area contributed by atoms with E-state index in [2.05, 4.69) is 53.2 Å². The van der Waals surface area contributed by atoms with Crippen LogP contribution in [0.2, 0.25) is 0 Å². The van der Waals surface area contributed by atoms with Crippen molar-refractivity contribution in [3.8, 4) is 0 Å². The molecule has 26 heavy (non-hydrogen) atoms. The fourth-order valence-corrected chi connectivity index (χ4v) is 4.07. The lowest BCUT2D eigenvalue weighted by molar-refractivity contribution is 0.0546. The van der Waals surface area contributed by atoms with Crippen LogP contribution in [0.4, 0.5) is 5.69 Å². The molecule has 4 nitrogen and oxygen atoms in total. The van der Waals surface area contributed by atoms with Crippen molar-refractivity contribution in [2.24, 2.45) is 0 Å². The van der Waals surface area contributed by atoms with Crippen LogP contribution >= 0.6 is 0 Å².